The Labute approximate surface area is 98.1 Å². The molecular weight excluding hydrogens is 198 g/mol. The third-order valence-electron chi connectivity index (χ3n) is 2.62. The second-order valence-electron chi connectivity index (χ2n) is 4.65. The van der Waals surface area contributed by atoms with Gasteiger partial charge >= 0.3 is 0 Å². The number of Topliss-reactive ketones (excluding diaryl/α,β-unsaturated/α-hetero) is 1. The zero-order valence-corrected chi connectivity index (χ0v) is 10.3. The molecule has 2 heteroatoms. The van der Waals surface area contributed by atoms with Crippen molar-refractivity contribution in [3.05, 3.63) is 30.1 Å². The summed E-state index contributed by atoms with van der Waals surface area (Å²) in [5, 5.41) is 0. The molecule has 0 fully saturated rings. The van der Waals surface area contributed by atoms with Crippen molar-refractivity contribution in [2.75, 3.05) is 0 Å². The maximum absolute atomic E-state index is 11.6. The minimum absolute atomic E-state index is 0.367. The van der Waals surface area contributed by atoms with Crippen LogP contribution < -0.4 is 0 Å². The number of aromatic nitrogens is 1. The molecule has 0 radical (unpaired) electrons. The first-order valence-corrected chi connectivity index (χ1v) is 6.10. The van der Waals surface area contributed by atoms with Crippen LogP contribution in [0.3, 0.4) is 0 Å². The van der Waals surface area contributed by atoms with Crippen LogP contribution in [0.15, 0.2) is 24.4 Å². The molecule has 1 heterocycles. The van der Waals surface area contributed by atoms with Gasteiger partial charge in [0.05, 0.1) is 0 Å². The summed E-state index contributed by atoms with van der Waals surface area (Å²) in [7, 11) is 0. The van der Waals surface area contributed by atoms with Crippen LogP contribution in [0.2, 0.25) is 0 Å². The molecule has 0 saturated heterocycles. The van der Waals surface area contributed by atoms with Gasteiger partial charge < -0.3 is 0 Å². The van der Waals surface area contributed by atoms with Gasteiger partial charge in [-0.3, -0.25) is 9.78 Å². The highest BCUT2D eigenvalue weighted by Gasteiger charge is 2.04. The van der Waals surface area contributed by atoms with Gasteiger partial charge in [-0.2, -0.15) is 0 Å². The third kappa shape index (κ3) is 5.64. The first-order valence-electron chi connectivity index (χ1n) is 6.10. The Morgan fingerprint density at radius 3 is 2.75 bits per heavy atom. The van der Waals surface area contributed by atoms with E-state index in [4.69, 9.17) is 0 Å². The lowest BCUT2D eigenvalue weighted by molar-refractivity contribution is -0.119. The summed E-state index contributed by atoms with van der Waals surface area (Å²) in [6.07, 6.45) is 6.09. The van der Waals surface area contributed by atoms with Crippen LogP contribution in [0, 0.1) is 5.92 Å². The number of carbonyl (C=O) groups excluding carboxylic acids is 1. The van der Waals surface area contributed by atoms with E-state index in [1.54, 1.807) is 6.20 Å². The highest BCUT2D eigenvalue weighted by atomic mass is 16.1. The van der Waals surface area contributed by atoms with Crippen LogP contribution in [0.5, 0.6) is 0 Å². The molecule has 0 unspecified atom stereocenters. The quantitative estimate of drug-likeness (QED) is 0.703. The first kappa shape index (κ1) is 12.9. The Morgan fingerprint density at radius 1 is 1.31 bits per heavy atom. The topological polar surface area (TPSA) is 30.0 Å². The summed E-state index contributed by atoms with van der Waals surface area (Å²) in [6.45, 7) is 4.39. The largest absolute Gasteiger partial charge is 0.300 e. The third-order valence-corrected chi connectivity index (χ3v) is 2.62. The van der Waals surface area contributed by atoms with E-state index >= 15 is 0 Å². The van der Waals surface area contributed by atoms with Crippen LogP contribution >= 0.6 is 0 Å². The van der Waals surface area contributed by atoms with E-state index in [-0.39, 0.29) is 0 Å². The van der Waals surface area contributed by atoms with Gasteiger partial charge in [0, 0.05) is 24.7 Å². The average molecular weight is 219 g/mol. The Morgan fingerprint density at radius 2 is 2.12 bits per heavy atom. The highest BCUT2D eigenvalue weighted by Crippen LogP contribution is 2.08. The van der Waals surface area contributed by atoms with E-state index in [1.807, 2.05) is 18.2 Å². The van der Waals surface area contributed by atoms with Crippen LogP contribution in [0.25, 0.3) is 0 Å². The molecule has 0 spiro atoms. The molecule has 0 bridgehead atoms. The number of ketones is 1. The summed E-state index contributed by atoms with van der Waals surface area (Å²) >= 11 is 0. The van der Waals surface area contributed by atoms with E-state index in [1.165, 1.54) is 0 Å². The molecule has 1 rings (SSSR count). The molecule has 16 heavy (non-hydrogen) atoms. The molecule has 0 aliphatic heterocycles. The lowest BCUT2D eigenvalue weighted by Gasteiger charge is -2.03. The van der Waals surface area contributed by atoms with Gasteiger partial charge in [0.2, 0.25) is 0 Å². The molecule has 0 amide bonds. The van der Waals surface area contributed by atoms with E-state index in [2.05, 4.69) is 18.8 Å². The Bertz CT molecular complexity index is 306. The molecule has 0 atom stereocenters. The predicted octanol–water partition coefficient (Wildman–Crippen LogP) is 3.41. The van der Waals surface area contributed by atoms with E-state index in [9.17, 15) is 4.79 Å². The molecule has 1 aromatic rings. The van der Waals surface area contributed by atoms with Crippen LogP contribution in [0.1, 0.15) is 45.2 Å². The van der Waals surface area contributed by atoms with Crippen molar-refractivity contribution >= 4 is 5.78 Å². The van der Waals surface area contributed by atoms with Crippen LogP contribution in [0.4, 0.5) is 0 Å². The Kier molecular flexibility index (Phi) is 5.76. The second kappa shape index (κ2) is 7.15. The van der Waals surface area contributed by atoms with Crippen molar-refractivity contribution in [1.29, 1.82) is 0 Å². The standard InChI is InChI=1S/C14H21NO/c1-12(2)6-5-8-14(16)10-9-13-7-3-4-11-15-13/h3-4,7,11-12H,5-6,8-10H2,1-2H3. The van der Waals surface area contributed by atoms with Gasteiger partial charge in [-0.05, 0) is 30.9 Å². The zero-order chi connectivity index (χ0) is 11.8. The van der Waals surface area contributed by atoms with E-state index < -0.39 is 0 Å². The lowest BCUT2D eigenvalue weighted by Crippen LogP contribution is -2.02. The van der Waals surface area contributed by atoms with Crippen molar-refractivity contribution in [3.8, 4) is 0 Å². The van der Waals surface area contributed by atoms with Gasteiger partial charge in [0.1, 0.15) is 5.78 Å². The molecule has 88 valence electrons. The van der Waals surface area contributed by atoms with Gasteiger partial charge in [-0.25, -0.2) is 0 Å². The smallest absolute Gasteiger partial charge is 0.133 e. The number of nitrogens with zero attached hydrogens (tertiary/aromatic N) is 1. The molecule has 0 aromatic carbocycles. The normalized spacial score (nSPS) is 10.7. The van der Waals surface area contributed by atoms with Crippen molar-refractivity contribution in [2.45, 2.75) is 46.0 Å². The van der Waals surface area contributed by atoms with Crippen molar-refractivity contribution in [1.82, 2.24) is 4.98 Å². The van der Waals surface area contributed by atoms with Gasteiger partial charge in [-0.15, -0.1) is 0 Å². The molecule has 2 nitrogen and oxygen atoms in total. The van der Waals surface area contributed by atoms with E-state index in [0.29, 0.717) is 18.1 Å². The maximum Gasteiger partial charge on any atom is 0.133 e. The van der Waals surface area contributed by atoms with Crippen molar-refractivity contribution in [2.24, 2.45) is 5.92 Å². The Hall–Kier alpha value is -1.18. The molecule has 0 aliphatic carbocycles. The minimum Gasteiger partial charge on any atom is -0.300 e. The van der Waals surface area contributed by atoms with Gasteiger partial charge in [0.25, 0.3) is 0 Å². The molecule has 1 aromatic heterocycles. The van der Waals surface area contributed by atoms with Crippen molar-refractivity contribution in [3.63, 3.8) is 0 Å². The van der Waals surface area contributed by atoms with E-state index in [0.717, 1.165) is 31.4 Å². The number of pyridine rings is 1. The number of hydrogen-bond acceptors (Lipinski definition) is 2. The van der Waals surface area contributed by atoms with Crippen molar-refractivity contribution < 1.29 is 4.79 Å². The van der Waals surface area contributed by atoms with Crippen LogP contribution in [-0.4, -0.2) is 10.8 Å². The first-order chi connectivity index (χ1) is 7.68. The number of hydrogen-bond donors (Lipinski definition) is 0. The molecular formula is C14H21NO. The fourth-order valence-electron chi connectivity index (χ4n) is 1.65. The number of rotatable bonds is 7. The lowest BCUT2D eigenvalue weighted by atomic mass is 10.0. The minimum atomic E-state index is 0.367. The monoisotopic (exact) mass is 219 g/mol. The summed E-state index contributed by atoms with van der Waals surface area (Å²) in [4.78, 5) is 15.8. The maximum atomic E-state index is 11.6. The number of carbonyl (C=O) groups is 1. The summed E-state index contributed by atoms with van der Waals surface area (Å²) in [5.41, 5.74) is 1.01. The zero-order valence-electron chi connectivity index (χ0n) is 10.3. The fourth-order valence-corrected chi connectivity index (χ4v) is 1.65. The molecule has 0 N–H and O–H groups in total. The second-order valence-corrected chi connectivity index (χ2v) is 4.65. The van der Waals surface area contributed by atoms with Gasteiger partial charge in [-0.1, -0.05) is 26.3 Å². The fraction of sp³-hybridized carbons (Fsp3) is 0.571. The molecule has 0 aliphatic rings. The SMILES string of the molecule is CC(C)CCCC(=O)CCc1ccccn1. The highest BCUT2D eigenvalue weighted by molar-refractivity contribution is 5.78. The summed E-state index contributed by atoms with van der Waals surface area (Å²) < 4.78 is 0. The molecule has 0 saturated carbocycles. The number of aryl methyl sites for hydroxylation is 1. The van der Waals surface area contributed by atoms with Crippen LogP contribution in [-0.2, 0) is 11.2 Å². The Balaban J connectivity index is 2.16. The summed E-state index contributed by atoms with van der Waals surface area (Å²) in [5.74, 6) is 1.06. The van der Waals surface area contributed by atoms with Gasteiger partial charge in [0.15, 0.2) is 0 Å². The average Bonchev–Trinajstić information content (AvgIpc) is 2.27. The summed E-state index contributed by atoms with van der Waals surface area (Å²) in [6, 6.07) is 5.83. The predicted molar refractivity (Wildman–Crippen MR) is 66.3 cm³/mol.